The van der Waals surface area contributed by atoms with Crippen molar-refractivity contribution >= 4 is 22.5 Å². The van der Waals surface area contributed by atoms with Gasteiger partial charge in [0.1, 0.15) is 0 Å². The molecular weight excluding hydrogens is 270 g/mol. The minimum absolute atomic E-state index is 0.117. The first-order valence-electron chi connectivity index (χ1n) is 6.50. The van der Waals surface area contributed by atoms with Gasteiger partial charge in [-0.2, -0.15) is 0 Å². The normalized spacial score (nSPS) is 13.0. The van der Waals surface area contributed by atoms with Crippen LogP contribution in [0.2, 0.25) is 5.02 Å². The summed E-state index contributed by atoms with van der Waals surface area (Å²) >= 11 is 6.04. The van der Waals surface area contributed by atoms with Gasteiger partial charge in [0.2, 0.25) is 0 Å². The van der Waals surface area contributed by atoms with Crippen molar-refractivity contribution in [3.05, 3.63) is 65.1 Å². The molecule has 3 rings (SSSR count). The van der Waals surface area contributed by atoms with Crippen LogP contribution < -0.4 is 0 Å². The molecule has 0 aliphatic rings. The van der Waals surface area contributed by atoms with Gasteiger partial charge in [0, 0.05) is 33.9 Å². The minimum Gasteiger partial charge on any atom is -0.361 e. The van der Waals surface area contributed by atoms with E-state index in [1.807, 2.05) is 36.7 Å². The Morgan fingerprint density at radius 3 is 2.75 bits per heavy atom. The van der Waals surface area contributed by atoms with E-state index in [-0.39, 0.29) is 6.04 Å². The Morgan fingerprint density at radius 2 is 2.05 bits per heavy atom. The maximum absolute atomic E-state index is 6.04. The van der Waals surface area contributed by atoms with E-state index in [9.17, 15) is 0 Å². The molecule has 102 valence electrons. The maximum Gasteiger partial charge on any atom is 0.0792 e. The number of nitrogens with zero attached hydrogens (tertiary/aromatic N) is 2. The number of hydrogen-bond acceptors (Lipinski definition) is 2. The number of nitrogens with one attached hydrogen (secondary N) is 1. The van der Waals surface area contributed by atoms with Crippen molar-refractivity contribution in [3.8, 4) is 0 Å². The van der Waals surface area contributed by atoms with Crippen LogP contribution in [0.25, 0.3) is 10.9 Å². The first-order chi connectivity index (χ1) is 9.66. The number of rotatable bonds is 3. The van der Waals surface area contributed by atoms with Crippen LogP contribution in [-0.4, -0.2) is 29.0 Å². The molecule has 0 saturated heterocycles. The molecule has 0 amide bonds. The van der Waals surface area contributed by atoms with E-state index in [2.05, 4.69) is 41.1 Å². The van der Waals surface area contributed by atoms with Crippen LogP contribution in [0.15, 0.2) is 48.8 Å². The zero-order chi connectivity index (χ0) is 14.1. The molecule has 0 fully saturated rings. The molecule has 0 saturated carbocycles. The topological polar surface area (TPSA) is 31.9 Å². The van der Waals surface area contributed by atoms with Crippen molar-refractivity contribution in [2.24, 2.45) is 0 Å². The molecule has 2 heterocycles. The van der Waals surface area contributed by atoms with Gasteiger partial charge in [-0.15, -0.1) is 0 Å². The summed E-state index contributed by atoms with van der Waals surface area (Å²) in [5.74, 6) is 0. The molecule has 0 spiro atoms. The molecule has 1 N–H and O–H groups in total. The summed E-state index contributed by atoms with van der Waals surface area (Å²) in [6, 6.07) is 12.1. The number of aromatic nitrogens is 2. The van der Waals surface area contributed by atoms with Gasteiger partial charge in [-0.25, -0.2) is 0 Å². The fourth-order valence-electron chi connectivity index (χ4n) is 2.59. The van der Waals surface area contributed by atoms with Crippen molar-refractivity contribution in [1.29, 1.82) is 0 Å². The van der Waals surface area contributed by atoms with Gasteiger partial charge < -0.3 is 4.98 Å². The summed E-state index contributed by atoms with van der Waals surface area (Å²) in [5.41, 5.74) is 3.30. The highest BCUT2D eigenvalue weighted by Crippen LogP contribution is 2.32. The lowest BCUT2D eigenvalue weighted by Gasteiger charge is -2.23. The SMILES string of the molecule is CN(C)C(c1ccccn1)c1c[nH]c2cc(Cl)ccc12. The Morgan fingerprint density at radius 1 is 1.20 bits per heavy atom. The quantitative estimate of drug-likeness (QED) is 0.792. The predicted octanol–water partition coefficient (Wildman–Crippen LogP) is 3.87. The van der Waals surface area contributed by atoms with E-state index < -0.39 is 0 Å². The first-order valence-corrected chi connectivity index (χ1v) is 6.88. The molecule has 3 aromatic rings. The van der Waals surface area contributed by atoms with Gasteiger partial charge in [0.05, 0.1) is 11.7 Å². The molecule has 0 aliphatic heterocycles. The molecule has 2 aromatic heterocycles. The largest absolute Gasteiger partial charge is 0.361 e. The summed E-state index contributed by atoms with van der Waals surface area (Å²) in [7, 11) is 4.13. The second-order valence-electron chi connectivity index (χ2n) is 5.05. The maximum atomic E-state index is 6.04. The van der Waals surface area contributed by atoms with Crippen LogP contribution in [0.1, 0.15) is 17.3 Å². The van der Waals surface area contributed by atoms with Crippen molar-refractivity contribution < 1.29 is 0 Å². The van der Waals surface area contributed by atoms with Crippen LogP contribution in [0.3, 0.4) is 0 Å². The third-order valence-electron chi connectivity index (χ3n) is 3.45. The zero-order valence-electron chi connectivity index (χ0n) is 11.5. The monoisotopic (exact) mass is 285 g/mol. The van der Waals surface area contributed by atoms with Gasteiger partial charge >= 0.3 is 0 Å². The number of H-pyrrole nitrogens is 1. The van der Waals surface area contributed by atoms with Crippen LogP contribution in [0.4, 0.5) is 0 Å². The molecule has 0 radical (unpaired) electrons. The summed E-state index contributed by atoms with van der Waals surface area (Å²) in [6.07, 6.45) is 3.87. The van der Waals surface area contributed by atoms with Gasteiger partial charge in [-0.05, 0) is 38.4 Å². The summed E-state index contributed by atoms with van der Waals surface area (Å²) in [4.78, 5) is 9.96. The van der Waals surface area contributed by atoms with E-state index >= 15 is 0 Å². The number of hydrogen-bond donors (Lipinski definition) is 1. The second kappa shape index (κ2) is 5.27. The Labute approximate surface area is 123 Å². The number of aromatic amines is 1. The molecule has 0 aliphatic carbocycles. The predicted molar refractivity (Wildman–Crippen MR) is 83.1 cm³/mol. The van der Waals surface area contributed by atoms with Gasteiger partial charge in [-0.1, -0.05) is 23.7 Å². The highest BCUT2D eigenvalue weighted by Gasteiger charge is 2.21. The van der Waals surface area contributed by atoms with Gasteiger partial charge in [0.15, 0.2) is 0 Å². The van der Waals surface area contributed by atoms with E-state index in [0.29, 0.717) is 0 Å². The number of halogens is 1. The number of fused-ring (bicyclic) bond motifs is 1. The summed E-state index contributed by atoms with van der Waals surface area (Å²) in [5, 5.41) is 1.92. The average Bonchev–Trinajstić information content (AvgIpc) is 2.83. The van der Waals surface area contributed by atoms with Crippen molar-refractivity contribution in [1.82, 2.24) is 14.9 Å². The second-order valence-corrected chi connectivity index (χ2v) is 5.49. The van der Waals surface area contributed by atoms with E-state index in [0.717, 1.165) is 16.2 Å². The number of pyridine rings is 1. The fourth-order valence-corrected chi connectivity index (χ4v) is 2.76. The molecule has 1 unspecified atom stereocenters. The van der Waals surface area contributed by atoms with E-state index in [1.165, 1.54) is 10.9 Å². The third-order valence-corrected chi connectivity index (χ3v) is 3.69. The van der Waals surface area contributed by atoms with Crippen molar-refractivity contribution in [2.45, 2.75) is 6.04 Å². The first kappa shape index (κ1) is 13.2. The summed E-state index contributed by atoms with van der Waals surface area (Å²) in [6.45, 7) is 0. The average molecular weight is 286 g/mol. The van der Waals surface area contributed by atoms with E-state index in [4.69, 9.17) is 11.6 Å². The molecule has 3 nitrogen and oxygen atoms in total. The fraction of sp³-hybridized carbons (Fsp3) is 0.188. The lowest BCUT2D eigenvalue weighted by molar-refractivity contribution is 0.338. The third kappa shape index (κ3) is 2.30. The summed E-state index contributed by atoms with van der Waals surface area (Å²) < 4.78 is 0. The van der Waals surface area contributed by atoms with Crippen LogP contribution in [-0.2, 0) is 0 Å². The van der Waals surface area contributed by atoms with Crippen molar-refractivity contribution in [3.63, 3.8) is 0 Å². The molecule has 4 heteroatoms. The molecule has 0 bridgehead atoms. The van der Waals surface area contributed by atoms with Gasteiger partial charge in [-0.3, -0.25) is 9.88 Å². The molecule has 1 aromatic carbocycles. The molecular formula is C16H16ClN3. The molecule has 20 heavy (non-hydrogen) atoms. The Hall–Kier alpha value is -1.84. The van der Waals surface area contributed by atoms with Crippen LogP contribution in [0.5, 0.6) is 0 Å². The number of benzene rings is 1. The standard InChI is InChI=1S/C16H16ClN3/c1-20(2)16(14-5-3-4-8-18-14)13-10-19-15-9-11(17)6-7-12(13)15/h3-10,16,19H,1-2H3. The van der Waals surface area contributed by atoms with Crippen LogP contribution in [0, 0.1) is 0 Å². The minimum atomic E-state index is 0.117. The Kier molecular flexibility index (Phi) is 3.47. The highest BCUT2D eigenvalue weighted by molar-refractivity contribution is 6.31. The Bertz CT molecular complexity index is 719. The highest BCUT2D eigenvalue weighted by atomic mass is 35.5. The zero-order valence-corrected chi connectivity index (χ0v) is 12.2. The molecule has 1 atom stereocenters. The lowest BCUT2D eigenvalue weighted by Crippen LogP contribution is -2.21. The Balaban J connectivity index is 2.16. The van der Waals surface area contributed by atoms with E-state index in [1.54, 1.807) is 0 Å². The van der Waals surface area contributed by atoms with Crippen LogP contribution >= 0.6 is 11.6 Å². The van der Waals surface area contributed by atoms with Crippen molar-refractivity contribution in [2.75, 3.05) is 14.1 Å². The lowest BCUT2D eigenvalue weighted by atomic mass is 10.0. The van der Waals surface area contributed by atoms with Gasteiger partial charge in [0.25, 0.3) is 0 Å². The smallest absolute Gasteiger partial charge is 0.0792 e.